The number of hydrogen-bond donors (Lipinski definition) is 0. The van der Waals surface area contributed by atoms with Crippen LogP contribution >= 0.6 is 11.6 Å². The van der Waals surface area contributed by atoms with Crippen LogP contribution in [0.2, 0.25) is 5.15 Å². The summed E-state index contributed by atoms with van der Waals surface area (Å²) < 4.78 is 0. The predicted molar refractivity (Wildman–Crippen MR) is 79.8 cm³/mol. The molecule has 21 heavy (non-hydrogen) atoms. The Hall–Kier alpha value is -1.35. The molecule has 0 aromatic carbocycles. The molecule has 1 saturated heterocycles. The normalized spacial score (nSPS) is 41.9. The van der Waals surface area contributed by atoms with Crippen molar-refractivity contribution in [2.75, 3.05) is 13.1 Å². The summed E-state index contributed by atoms with van der Waals surface area (Å²) in [7, 11) is 0. The predicted octanol–water partition coefficient (Wildman–Crippen LogP) is 2.88. The number of hydrogen-bond acceptors (Lipinski definition) is 2. The van der Waals surface area contributed by atoms with Crippen LogP contribution in [0.25, 0.3) is 0 Å². The summed E-state index contributed by atoms with van der Waals surface area (Å²) in [6, 6.07) is 3.44. The molecule has 1 amide bonds. The van der Waals surface area contributed by atoms with Gasteiger partial charge in [-0.1, -0.05) is 23.8 Å². The zero-order valence-corrected chi connectivity index (χ0v) is 12.4. The van der Waals surface area contributed by atoms with Crippen molar-refractivity contribution in [2.45, 2.75) is 6.42 Å². The highest BCUT2D eigenvalue weighted by Crippen LogP contribution is 2.64. The lowest BCUT2D eigenvalue weighted by atomic mass is 9.64. The fourth-order valence-corrected chi connectivity index (χ4v) is 5.31. The SMILES string of the molecule is O=C(c1ccnc(Cl)c1)N1CC2[C@@H](C1)[C@H]1C=C[C@@H]2[C@@H]2C[C@H]12. The second-order valence-electron chi connectivity index (χ2n) is 7.01. The molecule has 1 aromatic heterocycles. The van der Waals surface area contributed by atoms with E-state index in [1.165, 1.54) is 6.42 Å². The topological polar surface area (TPSA) is 33.2 Å². The van der Waals surface area contributed by atoms with Gasteiger partial charge < -0.3 is 4.90 Å². The number of nitrogens with zero attached hydrogens (tertiary/aromatic N) is 2. The van der Waals surface area contributed by atoms with Crippen LogP contribution < -0.4 is 0 Å². The summed E-state index contributed by atoms with van der Waals surface area (Å²) >= 11 is 5.91. The van der Waals surface area contributed by atoms with E-state index in [0.717, 1.165) is 36.8 Å². The largest absolute Gasteiger partial charge is 0.338 e. The molecule has 2 saturated carbocycles. The van der Waals surface area contributed by atoms with Crippen molar-refractivity contribution in [1.29, 1.82) is 0 Å². The summed E-state index contributed by atoms with van der Waals surface area (Å²) in [6.45, 7) is 1.83. The molecule has 0 spiro atoms. The maximum atomic E-state index is 12.7. The van der Waals surface area contributed by atoms with E-state index in [-0.39, 0.29) is 5.91 Å². The molecule has 108 valence electrons. The lowest BCUT2D eigenvalue weighted by molar-refractivity contribution is 0.0781. The van der Waals surface area contributed by atoms with Crippen LogP contribution in [0, 0.1) is 35.5 Å². The first-order valence-corrected chi connectivity index (χ1v) is 8.19. The monoisotopic (exact) mass is 300 g/mol. The molecule has 4 heteroatoms. The highest BCUT2D eigenvalue weighted by atomic mass is 35.5. The van der Waals surface area contributed by atoms with Gasteiger partial charge in [-0.15, -0.1) is 0 Å². The minimum Gasteiger partial charge on any atom is -0.338 e. The molecule has 3 nitrogen and oxygen atoms in total. The van der Waals surface area contributed by atoms with Crippen molar-refractivity contribution in [3.63, 3.8) is 0 Å². The van der Waals surface area contributed by atoms with E-state index in [0.29, 0.717) is 22.6 Å². The highest BCUT2D eigenvalue weighted by molar-refractivity contribution is 6.29. The number of likely N-dealkylation sites (tertiary alicyclic amines) is 1. The molecule has 4 aliphatic carbocycles. The van der Waals surface area contributed by atoms with Crippen molar-refractivity contribution >= 4 is 17.5 Å². The number of aromatic nitrogens is 1. The molecule has 0 radical (unpaired) electrons. The van der Waals surface area contributed by atoms with Crippen LogP contribution in [0.3, 0.4) is 0 Å². The van der Waals surface area contributed by atoms with Gasteiger partial charge in [-0.05, 0) is 54.1 Å². The third-order valence-corrected chi connectivity index (χ3v) is 6.30. The summed E-state index contributed by atoms with van der Waals surface area (Å²) in [5, 5.41) is 0.389. The highest BCUT2D eigenvalue weighted by Gasteiger charge is 2.61. The average Bonchev–Trinajstić information content (AvgIpc) is 3.19. The summed E-state index contributed by atoms with van der Waals surface area (Å²) in [5.74, 6) is 4.78. The van der Waals surface area contributed by atoms with E-state index in [9.17, 15) is 4.79 Å². The zero-order chi connectivity index (χ0) is 14.1. The van der Waals surface area contributed by atoms with Gasteiger partial charge in [-0.25, -0.2) is 4.98 Å². The summed E-state index contributed by atoms with van der Waals surface area (Å²) in [4.78, 5) is 18.7. The van der Waals surface area contributed by atoms with E-state index in [2.05, 4.69) is 17.1 Å². The molecule has 2 heterocycles. The van der Waals surface area contributed by atoms with Gasteiger partial charge in [-0.3, -0.25) is 4.79 Å². The van der Waals surface area contributed by atoms with Crippen molar-refractivity contribution in [2.24, 2.45) is 35.5 Å². The minimum atomic E-state index is 0.113. The molecule has 6 rings (SSSR count). The number of carbonyl (C=O) groups excluding carboxylic acids is 1. The fraction of sp³-hybridized carbons (Fsp3) is 0.529. The number of pyridine rings is 1. The van der Waals surface area contributed by atoms with Gasteiger partial charge in [0.15, 0.2) is 0 Å². The van der Waals surface area contributed by atoms with Gasteiger partial charge in [0.25, 0.3) is 5.91 Å². The van der Waals surface area contributed by atoms with E-state index in [4.69, 9.17) is 11.6 Å². The van der Waals surface area contributed by atoms with Crippen molar-refractivity contribution in [3.8, 4) is 0 Å². The standard InChI is InChI=1S/C17H17ClN2O/c18-16-5-9(3-4-19-16)17(21)20-7-14-10-1-2-11(15(14)8-20)13-6-12(10)13/h1-5,10-15H,6-8H2/t10-,11+,12+,13-,14-,15?/m0/s1. The van der Waals surface area contributed by atoms with E-state index in [1.54, 1.807) is 18.3 Å². The molecule has 5 aliphatic rings. The number of rotatable bonds is 1. The van der Waals surface area contributed by atoms with Gasteiger partial charge >= 0.3 is 0 Å². The van der Waals surface area contributed by atoms with Crippen molar-refractivity contribution in [1.82, 2.24) is 9.88 Å². The quantitative estimate of drug-likeness (QED) is 0.590. The fourth-order valence-electron chi connectivity index (χ4n) is 5.14. The molecule has 1 unspecified atom stereocenters. The number of carbonyl (C=O) groups is 1. The second kappa shape index (κ2) is 4.10. The van der Waals surface area contributed by atoms with Crippen LogP contribution in [-0.4, -0.2) is 28.9 Å². The van der Waals surface area contributed by atoms with Crippen LogP contribution in [0.5, 0.6) is 0 Å². The molecule has 1 aliphatic heterocycles. The Morgan fingerprint density at radius 1 is 1.14 bits per heavy atom. The van der Waals surface area contributed by atoms with Crippen LogP contribution in [-0.2, 0) is 0 Å². The van der Waals surface area contributed by atoms with Crippen molar-refractivity contribution in [3.05, 3.63) is 41.2 Å². The van der Waals surface area contributed by atoms with Gasteiger partial charge in [-0.2, -0.15) is 0 Å². The number of halogens is 1. The lowest BCUT2D eigenvalue weighted by Crippen LogP contribution is -2.37. The molecule has 2 bridgehead atoms. The molecular weight excluding hydrogens is 284 g/mol. The van der Waals surface area contributed by atoms with Crippen LogP contribution in [0.4, 0.5) is 0 Å². The molecule has 3 fully saturated rings. The Balaban J connectivity index is 1.41. The van der Waals surface area contributed by atoms with Crippen molar-refractivity contribution < 1.29 is 4.79 Å². The zero-order valence-electron chi connectivity index (χ0n) is 11.7. The summed E-state index contributed by atoms with van der Waals surface area (Å²) in [5.41, 5.74) is 0.666. The summed E-state index contributed by atoms with van der Waals surface area (Å²) in [6.07, 6.45) is 7.91. The minimum absolute atomic E-state index is 0.113. The molecule has 0 N–H and O–H groups in total. The van der Waals surface area contributed by atoms with Gasteiger partial charge in [0.2, 0.25) is 0 Å². The average molecular weight is 301 g/mol. The van der Waals surface area contributed by atoms with Crippen LogP contribution in [0.15, 0.2) is 30.5 Å². The third-order valence-electron chi connectivity index (χ3n) is 6.10. The Morgan fingerprint density at radius 2 is 1.81 bits per heavy atom. The smallest absolute Gasteiger partial charge is 0.254 e. The number of amides is 1. The first-order chi connectivity index (χ1) is 10.2. The van der Waals surface area contributed by atoms with E-state index < -0.39 is 0 Å². The first kappa shape index (κ1) is 12.2. The third kappa shape index (κ3) is 1.67. The second-order valence-corrected chi connectivity index (χ2v) is 7.40. The Morgan fingerprint density at radius 3 is 2.43 bits per heavy atom. The molecule has 1 aromatic rings. The number of allylic oxidation sites excluding steroid dienone is 2. The Kier molecular flexibility index (Phi) is 2.38. The van der Waals surface area contributed by atoms with Gasteiger partial charge in [0.05, 0.1) is 0 Å². The Bertz CT molecular complexity index is 632. The van der Waals surface area contributed by atoms with Gasteiger partial charge in [0.1, 0.15) is 5.15 Å². The van der Waals surface area contributed by atoms with E-state index >= 15 is 0 Å². The molecule has 6 atom stereocenters. The first-order valence-electron chi connectivity index (χ1n) is 7.81. The maximum absolute atomic E-state index is 12.7. The maximum Gasteiger partial charge on any atom is 0.254 e. The van der Waals surface area contributed by atoms with Crippen LogP contribution in [0.1, 0.15) is 16.8 Å². The van der Waals surface area contributed by atoms with Gasteiger partial charge in [0, 0.05) is 24.8 Å². The lowest BCUT2D eigenvalue weighted by Gasteiger charge is -2.40. The Labute approximate surface area is 129 Å². The van der Waals surface area contributed by atoms with E-state index in [1.807, 2.05) is 4.90 Å². The molecular formula is C17H17ClN2O.